The van der Waals surface area contributed by atoms with E-state index in [1.165, 1.54) is 25.7 Å². The Morgan fingerprint density at radius 2 is 2.07 bits per heavy atom. The summed E-state index contributed by atoms with van der Waals surface area (Å²) in [5, 5.41) is 12.9. The third-order valence-electron chi connectivity index (χ3n) is 4.17. The highest BCUT2D eigenvalue weighted by molar-refractivity contribution is 4.95. The molecule has 0 radical (unpaired) electrons. The van der Waals surface area contributed by atoms with Gasteiger partial charge in [0, 0.05) is 12.1 Å². The Balaban J connectivity index is 1.85. The number of hydrogen-bond donors (Lipinski definition) is 2. The van der Waals surface area contributed by atoms with Gasteiger partial charge in [-0.1, -0.05) is 20.3 Å². The lowest BCUT2D eigenvalue weighted by atomic mass is 9.93. The second-order valence-electron chi connectivity index (χ2n) is 5.48. The van der Waals surface area contributed by atoms with Crippen LogP contribution in [0.1, 0.15) is 39.5 Å². The van der Waals surface area contributed by atoms with E-state index in [4.69, 9.17) is 0 Å². The summed E-state index contributed by atoms with van der Waals surface area (Å²) in [6, 6.07) is 1.01. The van der Waals surface area contributed by atoms with E-state index < -0.39 is 0 Å². The largest absolute Gasteiger partial charge is 0.395 e. The number of hydrogen-bond acceptors (Lipinski definition) is 2. The van der Waals surface area contributed by atoms with Crippen LogP contribution in [-0.2, 0) is 0 Å². The average molecular weight is 197 g/mol. The van der Waals surface area contributed by atoms with Gasteiger partial charge in [-0.2, -0.15) is 0 Å². The van der Waals surface area contributed by atoms with Gasteiger partial charge in [0.25, 0.3) is 0 Å². The maximum atomic E-state index is 9.26. The summed E-state index contributed by atoms with van der Waals surface area (Å²) in [6.07, 6.45) is 5.66. The molecular formula is C12H23NO. The minimum Gasteiger partial charge on any atom is -0.395 e. The molecule has 14 heavy (non-hydrogen) atoms. The van der Waals surface area contributed by atoms with Gasteiger partial charge in [0.05, 0.1) is 6.61 Å². The van der Waals surface area contributed by atoms with E-state index in [2.05, 4.69) is 19.2 Å². The van der Waals surface area contributed by atoms with E-state index in [1.54, 1.807) is 0 Å². The van der Waals surface area contributed by atoms with Gasteiger partial charge in [-0.15, -0.1) is 0 Å². The molecule has 2 bridgehead atoms. The van der Waals surface area contributed by atoms with Crippen molar-refractivity contribution in [2.75, 3.05) is 6.61 Å². The average Bonchev–Trinajstić information content (AvgIpc) is 2.74. The molecule has 0 aromatic carbocycles. The normalized spacial score (nSPS) is 38.1. The molecule has 2 heteroatoms. The fraction of sp³-hybridized carbons (Fsp3) is 1.00. The summed E-state index contributed by atoms with van der Waals surface area (Å²) < 4.78 is 0. The maximum absolute atomic E-state index is 9.26. The van der Waals surface area contributed by atoms with Gasteiger partial charge in [0.1, 0.15) is 0 Å². The first-order valence-corrected chi connectivity index (χ1v) is 6.07. The number of aliphatic hydroxyl groups is 1. The molecule has 2 nitrogen and oxygen atoms in total. The molecule has 2 aliphatic rings. The molecule has 82 valence electrons. The molecule has 0 spiro atoms. The van der Waals surface area contributed by atoms with Crippen molar-refractivity contribution in [2.45, 2.75) is 51.6 Å². The van der Waals surface area contributed by atoms with Crippen LogP contribution >= 0.6 is 0 Å². The van der Waals surface area contributed by atoms with E-state index in [9.17, 15) is 5.11 Å². The number of nitrogens with one attached hydrogen (secondary N) is 1. The molecule has 0 heterocycles. The lowest BCUT2D eigenvalue weighted by Crippen LogP contribution is -2.45. The topological polar surface area (TPSA) is 32.3 Å². The van der Waals surface area contributed by atoms with Crippen LogP contribution in [0.2, 0.25) is 0 Å². The molecule has 2 N–H and O–H groups in total. The highest BCUT2D eigenvalue weighted by Gasteiger charge is 2.40. The SMILES string of the molecule is CC(C)C(CO)NC1CC2CCC1C2. The second kappa shape index (κ2) is 4.19. The van der Waals surface area contributed by atoms with Crippen LogP contribution in [0.15, 0.2) is 0 Å². The van der Waals surface area contributed by atoms with Crippen molar-refractivity contribution in [3.8, 4) is 0 Å². The quantitative estimate of drug-likeness (QED) is 0.720. The zero-order valence-corrected chi connectivity index (χ0v) is 9.37. The molecule has 0 aromatic rings. The Bertz CT molecular complexity index is 193. The summed E-state index contributed by atoms with van der Waals surface area (Å²) in [5.41, 5.74) is 0. The van der Waals surface area contributed by atoms with Crippen LogP contribution in [0.3, 0.4) is 0 Å². The first kappa shape index (κ1) is 10.4. The Morgan fingerprint density at radius 1 is 1.29 bits per heavy atom. The predicted molar refractivity (Wildman–Crippen MR) is 58.1 cm³/mol. The van der Waals surface area contributed by atoms with E-state index in [0.717, 1.165) is 11.8 Å². The summed E-state index contributed by atoms with van der Waals surface area (Å²) in [6.45, 7) is 4.65. The zero-order chi connectivity index (χ0) is 10.1. The number of fused-ring (bicyclic) bond motifs is 2. The molecular weight excluding hydrogens is 174 g/mol. The molecule has 0 saturated heterocycles. The first-order chi connectivity index (χ1) is 6.70. The van der Waals surface area contributed by atoms with Crippen molar-refractivity contribution in [2.24, 2.45) is 17.8 Å². The molecule has 2 fully saturated rings. The predicted octanol–water partition coefficient (Wildman–Crippen LogP) is 1.78. The lowest BCUT2D eigenvalue weighted by molar-refractivity contribution is 0.183. The highest BCUT2D eigenvalue weighted by Crippen LogP contribution is 2.44. The Kier molecular flexibility index (Phi) is 3.13. The lowest BCUT2D eigenvalue weighted by Gasteiger charge is -2.29. The standard InChI is InChI=1S/C12H23NO/c1-8(2)12(7-14)13-11-6-9-3-4-10(11)5-9/h8-14H,3-7H2,1-2H3. The van der Waals surface area contributed by atoms with Crippen LogP contribution in [0.5, 0.6) is 0 Å². The van der Waals surface area contributed by atoms with E-state index in [0.29, 0.717) is 18.0 Å². The molecule has 2 saturated carbocycles. The van der Waals surface area contributed by atoms with Crippen LogP contribution in [-0.4, -0.2) is 23.8 Å². The van der Waals surface area contributed by atoms with Gasteiger partial charge < -0.3 is 10.4 Å². The summed E-state index contributed by atoms with van der Waals surface area (Å²) in [4.78, 5) is 0. The fourth-order valence-corrected chi connectivity index (χ4v) is 3.18. The van der Waals surface area contributed by atoms with Gasteiger partial charge in [-0.05, 0) is 37.0 Å². The van der Waals surface area contributed by atoms with Crippen LogP contribution < -0.4 is 5.32 Å². The Morgan fingerprint density at radius 3 is 2.50 bits per heavy atom. The van der Waals surface area contributed by atoms with Crippen LogP contribution in [0.4, 0.5) is 0 Å². The third kappa shape index (κ3) is 1.96. The third-order valence-corrected chi connectivity index (χ3v) is 4.17. The Hall–Kier alpha value is -0.0800. The monoisotopic (exact) mass is 197 g/mol. The number of rotatable bonds is 4. The van der Waals surface area contributed by atoms with Crippen LogP contribution in [0, 0.1) is 17.8 Å². The Labute approximate surface area is 87.1 Å². The van der Waals surface area contributed by atoms with Crippen molar-refractivity contribution in [1.29, 1.82) is 0 Å². The van der Waals surface area contributed by atoms with Crippen molar-refractivity contribution in [3.05, 3.63) is 0 Å². The van der Waals surface area contributed by atoms with Gasteiger partial charge in [0.15, 0.2) is 0 Å². The van der Waals surface area contributed by atoms with Gasteiger partial charge in [0.2, 0.25) is 0 Å². The molecule has 4 atom stereocenters. The second-order valence-corrected chi connectivity index (χ2v) is 5.48. The van der Waals surface area contributed by atoms with Gasteiger partial charge in [-0.25, -0.2) is 0 Å². The minimum absolute atomic E-state index is 0.283. The zero-order valence-electron chi connectivity index (χ0n) is 9.37. The molecule has 4 unspecified atom stereocenters. The summed E-state index contributed by atoms with van der Waals surface area (Å²) >= 11 is 0. The van der Waals surface area contributed by atoms with Crippen molar-refractivity contribution in [1.82, 2.24) is 5.32 Å². The molecule has 0 aliphatic heterocycles. The summed E-state index contributed by atoms with van der Waals surface area (Å²) in [7, 11) is 0. The van der Waals surface area contributed by atoms with Gasteiger partial charge >= 0.3 is 0 Å². The number of aliphatic hydroxyl groups excluding tert-OH is 1. The molecule has 2 aliphatic carbocycles. The van der Waals surface area contributed by atoms with E-state index in [1.807, 2.05) is 0 Å². The molecule has 0 amide bonds. The summed E-state index contributed by atoms with van der Waals surface area (Å²) in [5.74, 6) is 2.44. The van der Waals surface area contributed by atoms with Crippen LogP contribution in [0.25, 0.3) is 0 Å². The van der Waals surface area contributed by atoms with Crippen molar-refractivity contribution < 1.29 is 5.11 Å². The molecule has 0 aromatic heterocycles. The molecule has 2 rings (SSSR count). The van der Waals surface area contributed by atoms with E-state index >= 15 is 0 Å². The van der Waals surface area contributed by atoms with Crippen molar-refractivity contribution >= 4 is 0 Å². The van der Waals surface area contributed by atoms with Gasteiger partial charge in [-0.3, -0.25) is 0 Å². The smallest absolute Gasteiger partial charge is 0.0587 e. The maximum Gasteiger partial charge on any atom is 0.0587 e. The fourth-order valence-electron chi connectivity index (χ4n) is 3.18. The first-order valence-electron chi connectivity index (χ1n) is 6.07. The highest BCUT2D eigenvalue weighted by atomic mass is 16.3. The minimum atomic E-state index is 0.283. The van der Waals surface area contributed by atoms with Crippen molar-refractivity contribution in [3.63, 3.8) is 0 Å². The van der Waals surface area contributed by atoms with E-state index in [-0.39, 0.29) is 6.61 Å².